The first kappa shape index (κ1) is 14.0. The summed E-state index contributed by atoms with van der Waals surface area (Å²) in [7, 11) is 0. The van der Waals surface area contributed by atoms with Crippen LogP contribution in [0.3, 0.4) is 0 Å². The van der Waals surface area contributed by atoms with Gasteiger partial charge in [-0.05, 0) is 26.0 Å². The van der Waals surface area contributed by atoms with Crippen LogP contribution >= 0.6 is 0 Å². The number of carbonyl (C=O) groups is 1. The maximum atomic E-state index is 13.5. The molecule has 0 radical (unpaired) electrons. The number of rotatable bonds is 5. The molecule has 0 saturated carbocycles. The Kier molecular flexibility index (Phi) is 5.12. The van der Waals surface area contributed by atoms with Gasteiger partial charge in [-0.15, -0.1) is 0 Å². The zero-order chi connectivity index (χ0) is 13.5. The number of carbonyl (C=O) groups excluding carboxylic acids is 1. The van der Waals surface area contributed by atoms with Crippen LogP contribution in [-0.2, 0) is 4.79 Å². The van der Waals surface area contributed by atoms with Crippen molar-refractivity contribution in [2.45, 2.75) is 13.8 Å². The molecule has 1 aromatic carbocycles. The molecule has 1 aromatic rings. The molecule has 1 rings (SSSR count). The van der Waals surface area contributed by atoms with Crippen LogP contribution in [0, 0.1) is 17.1 Å². The van der Waals surface area contributed by atoms with E-state index in [1.807, 2.05) is 19.9 Å². The highest BCUT2D eigenvalue weighted by Gasteiger charge is 2.15. The molecule has 0 aliphatic carbocycles. The molecule has 0 spiro atoms. The van der Waals surface area contributed by atoms with E-state index in [4.69, 9.17) is 5.26 Å². The zero-order valence-corrected chi connectivity index (χ0v) is 10.5. The molecule has 0 fully saturated rings. The molecule has 96 valence electrons. The first-order valence-corrected chi connectivity index (χ1v) is 5.84. The maximum absolute atomic E-state index is 13.5. The van der Waals surface area contributed by atoms with Crippen molar-refractivity contribution >= 4 is 11.6 Å². The summed E-state index contributed by atoms with van der Waals surface area (Å²) >= 11 is 0. The Morgan fingerprint density at radius 1 is 1.50 bits per heavy atom. The molecule has 0 heterocycles. The number of nitriles is 1. The summed E-state index contributed by atoms with van der Waals surface area (Å²) in [4.78, 5) is 13.2. The molecule has 0 aliphatic heterocycles. The fourth-order valence-corrected chi connectivity index (χ4v) is 1.68. The lowest BCUT2D eigenvalue weighted by Crippen LogP contribution is -2.37. The summed E-state index contributed by atoms with van der Waals surface area (Å²) in [5.41, 5.74) is 0.426. The average molecular weight is 249 g/mol. The standard InChI is InChI=1S/C13H16FN3O/c1-3-16-13(18)9-17(4-2)12-7-5-6-11(14)10(12)8-15/h5-7H,3-4,9H2,1-2H3,(H,16,18). The van der Waals surface area contributed by atoms with Crippen molar-refractivity contribution < 1.29 is 9.18 Å². The zero-order valence-electron chi connectivity index (χ0n) is 10.5. The van der Waals surface area contributed by atoms with Crippen LogP contribution in [0.4, 0.5) is 10.1 Å². The highest BCUT2D eigenvalue weighted by molar-refractivity contribution is 5.82. The second kappa shape index (κ2) is 6.60. The Hall–Kier alpha value is -2.09. The van der Waals surface area contributed by atoms with E-state index < -0.39 is 5.82 Å². The fraction of sp³-hybridized carbons (Fsp3) is 0.385. The van der Waals surface area contributed by atoms with Crippen molar-refractivity contribution in [3.8, 4) is 6.07 Å². The number of hydrogen-bond donors (Lipinski definition) is 1. The Labute approximate surface area is 106 Å². The second-order valence-corrected chi connectivity index (χ2v) is 3.71. The third-order valence-corrected chi connectivity index (χ3v) is 2.53. The fourth-order valence-electron chi connectivity index (χ4n) is 1.68. The summed E-state index contributed by atoms with van der Waals surface area (Å²) in [6, 6.07) is 6.25. The van der Waals surface area contributed by atoms with Gasteiger partial charge in [-0.25, -0.2) is 4.39 Å². The van der Waals surface area contributed by atoms with Gasteiger partial charge in [0.25, 0.3) is 0 Å². The van der Waals surface area contributed by atoms with E-state index >= 15 is 0 Å². The predicted octanol–water partition coefficient (Wildman–Crippen LogP) is 1.66. The minimum absolute atomic E-state index is 0.0244. The van der Waals surface area contributed by atoms with E-state index in [1.54, 1.807) is 11.0 Å². The van der Waals surface area contributed by atoms with Gasteiger partial charge in [-0.1, -0.05) is 6.07 Å². The molecule has 5 heteroatoms. The van der Waals surface area contributed by atoms with Crippen molar-refractivity contribution in [2.24, 2.45) is 0 Å². The van der Waals surface area contributed by atoms with Gasteiger partial charge in [-0.2, -0.15) is 5.26 Å². The van der Waals surface area contributed by atoms with Crippen molar-refractivity contribution in [3.63, 3.8) is 0 Å². The van der Waals surface area contributed by atoms with Gasteiger partial charge in [-0.3, -0.25) is 4.79 Å². The lowest BCUT2D eigenvalue weighted by Gasteiger charge is -2.23. The molecule has 0 atom stereocenters. The van der Waals surface area contributed by atoms with Crippen molar-refractivity contribution in [1.29, 1.82) is 5.26 Å². The van der Waals surface area contributed by atoms with E-state index in [1.165, 1.54) is 12.1 Å². The minimum atomic E-state index is -0.565. The number of anilines is 1. The summed E-state index contributed by atoms with van der Waals surface area (Å²) in [6.07, 6.45) is 0. The van der Waals surface area contributed by atoms with E-state index in [2.05, 4.69) is 5.32 Å². The highest BCUT2D eigenvalue weighted by atomic mass is 19.1. The van der Waals surface area contributed by atoms with Crippen LogP contribution in [0.15, 0.2) is 18.2 Å². The van der Waals surface area contributed by atoms with Crippen LogP contribution < -0.4 is 10.2 Å². The molecular weight excluding hydrogens is 233 g/mol. The molecule has 0 unspecified atom stereocenters. The summed E-state index contributed by atoms with van der Waals surface area (Å²) in [6.45, 7) is 4.87. The SMILES string of the molecule is CCNC(=O)CN(CC)c1cccc(F)c1C#N. The van der Waals surface area contributed by atoms with Gasteiger partial charge in [0, 0.05) is 13.1 Å². The maximum Gasteiger partial charge on any atom is 0.239 e. The van der Waals surface area contributed by atoms with E-state index in [9.17, 15) is 9.18 Å². The van der Waals surface area contributed by atoms with Crippen LogP contribution in [0.25, 0.3) is 0 Å². The van der Waals surface area contributed by atoms with Crippen LogP contribution in [0.1, 0.15) is 19.4 Å². The number of likely N-dealkylation sites (N-methyl/N-ethyl adjacent to an activating group) is 2. The largest absolute Gasteiger partial charge is 0.361 e. The number of benzene rings is 1. The Morgan fingerprint density at radius 2 is 2.22 bits per heavy atom. The first-order valence-electron chi connectivity index (χ1n) is 5.84. The molecular formula is C13H16FN3O. The highest BCUT2D eigenvalue weighted by Crippen LogP contribution is 2.22. The predicted molar refractivity (Wildman–Crippen MR) is 67.7 cm³/mol. The average Bonchev–Trinajstić information content (AvgIpc) is 2.36. The molecule has 0 saturated heterocycles. The summed E-state index contributed by atoms with van der Waals surface area (Å²) in [5, 5.41) is 11.6. The van der Waals surface area contributed by atoms with Crippen LogP contribution in [0.5, 0.6) is 0 Å². The smallest absolute Gasteiger partial charge is 0.239 e. The van der Waals surface area contributed by atoms with Crippen LogP contribution in [0.2, 0.25) is 0 Å². The first-order chi connectivity index (χ1) is 8.63. The van der Waals surface area contributed by atoms with Gasteiger partial charge in [0.2, 0.25) is 5.91 Å². The summed E-state index contributed by atoms with van der Waals surface area (Å²) < 4.78 is 13.5. The van der Waals surface area contributed by atoms with Gasteiger partial charge in [0.05, 0.1) is 12.2 Å². The van der Waals surface area contributed by atoms with Gasteiger partial charge in [0.15, 0.2) is 0 Å². The molecule has 18 heavy (non-hydrogen) atoms. The third kappa shape index (κ3) is 3.20. The number of nitrogens with one attached hydrogen (secondary N) is 1. The van der Waals surface area contributed by atoms with Crippen molar-refractivity contribution in [1.82, 2.24) is 5.32 Å². The normalized spacial score (nSPS) is 9.67. The second-order valence-electron chi connectivity index (χ2n) is 3.71. The monoisotopic (exact) mass is 249 g/mol. The molecule has 1 N–H and O–H groups in total. The Morgan fingerprint density at radius 3 is 2.78 bits per heavy atom. The number of halogens is 1. The van der Waals surface area contributed by atoms with Gasteiger partial charge >= 0.3 is 0 Å². The van der Waals surface area contributed by atoms with E-state index in [-0.39, 0.29) is 18.0 Å². The number of hydrogen-bond acceptors (Lipinski definition) is 3. The van der Waals surface area contributed by atoms with Gasteiger partial charge in [0.1, 0.15) is 17.4 Å². The molecule has 1 amide bonds. The number of nitrogens with zero attached hydrogens (tertiary/aromatic N) is 2. The Balaban J connectivity index is 2.99. The third-order valence-electron chi connectivity index (χ3n) is 2.53. The van der Waals surface area contributed by atoms with E-state index in [0.29, 0.717) is 18.8 Å². The minimum Gasteiger partial charge on any atom is -0.361 e. The quantitative estimate of drug-likeness (QED) is 0.863. The lowest BCUT2D eigenvalue weighted by molar-refractivity contribution is -0.119. The molecule has 4 nitrogen and oxygen atoms in total. The van der Waals surface area contributed by atoms with Crippen LogP contribution in [-0.4, -0.2) is 25.5 Å². The number of amides is 1. The van der Waals surface area contributed by atoms with Crippen molar-refractivity contribution in [2.75, 3.05) is 24.5 Å². The summed E-state index contributed by atoms with van der Waals surface area (Å²) in [5.74, 6) is -0.711. The lowest BCUT2D eigenvalue weighted by atomic mass is 10.1. The van der Waals surface area contributed by atoms with Crippen molar-refractivity contribution in [3.05, 3.63) is 29.6 Å². The molecule has 0 aliphatic rings. The Bertz CT molecular complexity index is 468. The molecule has 0 aromatic heterocycles. The topological polar surface area (TPSA) is 56.1 Å². The van der Waals surface area contributed by atoms with Gasteiger partial charge < -0.3 is 10.2 Å². The molecule has 0 bridgehead atoms. The van der Waals surface area contributed by atoms with E-state index in [0.717, 1.165) is 0 Å².